The van der Waals surface area contributed by atoms with Gasteiger partial charge in [0.15, 0.2) is 0 Å². The number of hydrogen-bond donors (Lipinski definition) is 0. The van der Waals surface area contributed by atoms with E-state index in [1.54, 1.807) is 26.4 Å². The van der Waals surface area contributed by atoms with Crippen LogP contribution in [0.5, 0.6) is 11.5 Å². The van der Waals surface area contributed by atoms with E-state index in [9.17, 15) is 4.79 Å². The van der Waals surface area contributed by atoms with Gasteiger partial charge in [0.05, 0.1) is 13.2 Å². The number of ether oxygens (including phenoxy) is 3. The molecule has 0 amide bonds. The van der Waals surface area contributed by atoms with Gasteiger partial charge in [0.25, 0.3) is 0 Å². The molecule has 0 aromatic heterocycles. The lowest BCUT2D eigenvalue weighted by Crippen LogP contribution is -2.47. The Labute approximate surface area is 231 Å². The molecule has 0 aliphatic heterocycles. The van der Waals surface area contributed by atoms with Crippen molar-refractivity contribution in [1.82, 2.24) is 0 Å². The van der Waals surface area contributed by atoms with Crippen LogP contribution in [0.4, 0.5) is 4.39 Å². The number of halogens is 1. The van der Waals surface area contributed by atoms with Gasteiger partial charge in [-0.25, -0.2) is 4.39 Å². The van der Waals surface area contributed by atoms with Crippen LogP contribution in [-0.4, -0.2) is 20.5 Å². The molecule has 0 unspecified atom stereocenters. The number of fused-ring (bicyclic) bond motifs is 2. The molecule has 0 radical (unpaired) electrons. The topological polar surface area (TPSA) is 44.8 Å². The first-order valence-corrected chi connectivity index (χ1v) is 13.9. The van der Waals surface area contributed by atoms with Crippen molar-refractivity contribution < 1.29 is 23.4 Å². The Morgan fingerprint density at radius 2 is 1.79 bits per heavy atom. The third-order valence-corrected chi connectivity index (χ3v) is 8.75. The van der Waals surface area contributed by atoms with Gasteiger partial charge in [0.2, 0.25) is 0 Å². The minimum absolute atomic E-state index is 0.0112. The van der Waals surface area contributed by atoms with E-state index in [2.05, 4.69) is 39.0 Å². The molecule has 4 nitrogen and oxygen atoms in total. The fraction of sp³-hybridized carbons (Fsp3) is 0.441. The summed E-state index contributed by atoms with van der Waals surface area (Å²) < 4.78 is 32.7. The van der Waals surface area contributed by atoms with Crippen molar-refractivity contribution in [2.24, 2.45) is 11.3 Å². The summed E-state index contributed by atoms with van der Waals surface area (Å²) in [5, 5.41) is 0. The molecule has 3 aromatic carbocycles. The Kier molecular flexibility index (Phi) is 7.56. The van der Waals surface area contributed by atoms with Crippen molar-refractivity contribution in [3.8, 4) is 22.6 Å². The fourth-order valence-corrected chi connectivity index (χ4v) is 6.67. The lowest BCUT2D eigenvalue weighted by molar-refractivity contribution is -0.117. The predicted molar refractivity (Wildman–Crippen MR) is 152 cm³/mol. The largest absolute Gasteiger partial charge is 0.497 e. The summed E-state index contributed by atoms with van der Waals surface area (Å²) in [6, 6.07) is 17.2. The number of hydrogen-bond acceptors (Lipinski definition) is 4. The molecular formula is C34H39FO4. The summed E-state index contributed by atoms with van der Waals surface area (Å²) in [7, 11) is 3.28. The predicted octanol–water partition coefficient (Wildman–Crippen LogP) is 8.00. The van der Waals surface area contributed by atoms with Crippen LogP contribution in [0.3, 0.4) is 0 Å². The minimum atomic E-state index is -0.308. The van der Waals surface area contributed by atoms with Gasteiger partial charge in [-0.2, -0.15) is 0 Å². The van der Waals surface area contributed by atoms with Crippen molar-refractivity contribution in [3.05, 3.63) is 82.7 Å². The molecule has 39 heavy (non-hydrogen) atoms. The first kappa shape index (κ1) is 27.4. The maximum atomic E-state index is 15.1. The van der Waals surface area contributed by atoms with Gasteiger partial charge < -0.3 is 19.0 Å². The zero-order valence-electron chi connectivity index (χ0n) is 23.7. The average Bonchev–Trinajstić information content (AvgIpc) is 2.91. The van der Waals surface area contributed by atoms with E-state index in [1.165, 1.54) is 17.2 Å². The highest BCUT2D eigenvalue weighted by molar-refractivity contribution is 5.70. The molecule has 2 aliphatic rings. The molecule has 5 heteroatoms. The third-order valence-electron chi connectivity index (χ3n) is 8.75. The number of carbonyl (C=O) groups excluding carboxylic acids is 1. The molecule has 5 rings (SSSR count). The highest BCUT2D eigenvalue weighted by Gasteiger charge is 2.49. The van der Waals surface area contributed by atoms with Gasteiger partial charge >= 0.3 is 0 Å². The maximum Gasteiger partial charge on any atom is 0.131 e. The van der Waals surface area contributed by atoms with Gasteiger partial charge in [0, 0.05) is 24.0 Å². The third kappa shape index (κ3) is 5.09. The monoisotopic (exact) mass is 530 g/mol. The molecule has 1 fully saturated rings. The molecule has 0 heterocycles. The number of aldehydes is 1. The van der Waals surface area contributed by atoms with E-state index >= 15 is 4.39 Å². The van der Waals surface area contributed by atoms with Crippen LogP contribution < -0.4 is 9.47 Å². The maximum absolute atomic E-state index is 15.1. The van der Waals surface area contributed by atoms with Gasteiger partial charge in [-0.05, 0) is 102 Å². The first-order valence-electron chi connectivity index (χ1n) is 13.9. The van der Waals surface area contributed by atoms with Crippen molar-refractivity contribution >= 4 is 6.29 Å². The molecule has 0 N–H and O–H groups in total. The first-order chi connectivity index (χ1) is 18.7. The second kappa shape index (κ2) is 10.8. The van der Waals surface area contributed by atoms with Crippen LogP contribution in [0.25, 0.3) is 11.1 Å². The van der Waals surface area contributed by atoms with Crippen molar-refractivity contribution in [3.63, 3.8) is 0 Å². The Morgan fingerprint density at radius 1 is 1.00 bits per heavy atom. The summed E-state index contributed by atoms with van der Waals surface area (Å²) in [5.41, 5.74) is 5.56. The Balaban J connectivity index is 1.47. The summed E-state index contributed by atoms with van der Waals surface area (Å²) in [6.45, 7) is 6.72. The van der Waals surface area contributed by atoms with Gasteiger partial charge in [-0.15, -0.1) is 0 Å². The molecule has 3 atom stereocenters. The molecule has 2 aliphatic carbocycles. The fourth-order valence-electron chi connectivity index (χ4n) is 6.67. The second-order valence-electron chi connectivity index (χ2n) is 12.1. The zero-order valence-corrected chi connectivity index (χ0v) is 23.7. The highest BCUT2D eigenvalue weighted by atomic mass is 19.1. The van der Waals surface area contributed by atoms with Gasteiger partial charge in [0.1, 0.15) is 30.2 Å². The lowest BCUT2D eigenvalue weighted by atomic mass is 9.52. The normalized spacial score (nSPS) is 21.1. The van der Waals surface area contributed by atoms with E-state index < -0.39 is 0 Å². The molecule has 0 bridgehead atoms. The quantitative estimate of drug-likeness (QED) is 0.277. The second-order valence-corrected chi connectivity index (χ2v) is 12.1. The summed E-state index contributed by atoms with van der Waals surface area (Å²) in [4.78, 5) is 11.8. The SMILES string of the molecule is COc1ccc(F)c(-c2ccc(COc3ccc4c(c3)[C@]3(CCC4)CC[C@@H]3C=O)cc2[C@@H](OC)C(C)(C)C)c1. The molecule has 206 valence electrons. The van der Waals surface area contributed by atoms with E-state index in [0.29, 0.717) is 17.9 Å². The van der Waals surface area contributed by atoms with Gasteiger partial charge in [-0.3, -0.25) is 0 Å². The molecule has 0 saturated heterocycles. The molecule has 1 saturated carbocycles. The molecule has 1 spiro atoms. The molecular weight excluding hydrogens is 491 g/mol. The highest BCUT2D eigenvalue weighted by Crippen LogP contribution is 2.55. The van der Waals surface area contributed by atoms with Crippen LogP contribution in [0.2, 0.25) is 0 Å². The number of methoxy groups -OCH3 is 2. The summed E-state index contributed by atoms with van der Waals surface area (Å²) in [6.07, 6.45) is 6.20. The number of carbonyl (C=O) groups is 1. The van der Waals surface area contributed by atoms with Crippen LogP contribution in [-0.2, 0) is 28.0 Å². The van der Waals surface area contributed by atoms with Crippen molar-refractivity contribution in [2.45, 2.75) is 71.0 Å². The Hall–Kier alpha value is -3.18. The van der Waals surface area contributed by atoms with Crippen LogP contribution in [0.1, 0.15) is 74.8 Å². The Bertz CT molecular complexity index is 1360. The Morgan fingerprint density at radius 3 is 2.46 bits per heavy atom. The number of benzene rings is 3. The van der Waals surface area contributed by atoms with E-state index in [-0.39, 0.29) is 28.7 Å². The zero-order chi connectivity index (χ0) is 27.8. The van der Waals surface area contributed by atoms with Crippen LogP contribution >= 0.6 is 0 Å². The van der Waals surface area contributed by atoms with Crippen molar-refractivity contribution in [1.29, 1.82) is 0 Å². The van der Waals surface area contributed by atoms with E-state index in [0.717, 1.165) is 60.8 Å². The van der Waals surface area contributed by atoms with Crippen LogP contribution in [0, 0.1) is 17.2 Å². The average molecular weight is 531 g/mol. The lowest BCUT2D eigenvalue weighted by Gasteiger charge is -2.51. The van der Waals surface area contributed by atoms with E-state index in [4.69, 9.17) is 14.2 Å². The van der Waals surface area contributed by atoms with Crippen molar-refractivity contribution in [2.75, 3.05) is 14.2 Å². The minimum Gasteiger partial charge on any atom is -0.497 e. The smallest absolute Gasteiger partial charge is 0.131 e. The summed E-state index contributed by atoms with van der Waals surface area (Å²) in [5.74, 6) is 1.22. The van der Waals surface area contributed by atoms with Crippen LogP contribution in [0.15, 0.2) is 54.6 Å². The number of rotatable bonds is 8. The van der Waals surface area contributed by atoms with E-state index in [1.807, 2.05) is 18.2 Å². The summed E-state index contributed by atoms with van der Waals surface area (Å²) >= 11 is 0. The number of aryl methyl sites for hydroxylation is 1. The molecule has 3 aromatic rings. The standard InChI is InChI=1S/C34H39FO4/c1-33(2,3)32(38-5)29-17-22(8-12-27(29)28-18-25(37-4)11-13-31(28)35)21-39-26-10-9-23-7-6-15-34(30(23)19-26)16-14-24(34)20-36/h8-13,17-20,24,32H,6-7,14-16,21H2,1-5H3/t24-,32-,34-/m1/s1. The van der Waals surface area contributed by atoms with Gasteiger partial charge in [-0.1, -0.05) is 39.0 Å².